The first-order valence-electron chi connectivity index (χ1n) is 5.78. The van der Waals surface area contributed by atoms with Crippen molar-refractivity contribution in [2.75, 3.05) is 0 Å². The average molecular weight is 272 g/mol. The highest BCUT2D eigenvalue weighted by molar-refractivity contribution is 6.33. The van der Waals surface area contributed by atoms with Gasteiger partial charge in [0.1, 0.15) is 5.82 Å². The summed E-state index contributed by atoms with van der Waals surface area (Å²) >= 11 is 6.06. The van der Waals surface area contributed by atoms with Crippen LogP contribution in [0.5, 0.6) is 0 Å². The molecule has 0 amide bonds. The molecule has 1 heterocycles. The van der Waals surface area contributed by atoms with Gasteiger partial charge in [-0.3, -0.25) is 0 Å². The van der Waals surface area contributed by atoms with E-state index >= 15 is 0 Å². The van der Waals surface area contributed by atoms with Crippen molar-refractivity contribution in [3.05, 3.63) is 72.4 Å². The molecule has 1 aromatic carbocycles. The molecule has 0 saturated carbocycles. The lowest BCUT2D eigenvalue weighted by molar-refractivity contribution is 0.889. The molecule has 0 atom stereocenters. The number of nitrogens with two attached hydrogens (primary N) is 1. The number of benzene rings is 1. The van der Waals surface area contributed by atoms with E-state index in [2.05, 4.69) is 11.7 Å². The largest absolute Gasteiger partial charge is 0.382 e. The van der Waals surface area contributed by atoms with Gasteiger partial charge < -0.3 is 5.73 Å². The van der Waals surface area contributed by atoms with E-state index in [1.165, 1.54) is 0 Å². The Kier molecular flexibility index (Phi) is 4.21. The summed E-state index contributed by atoms with van der Waals surface area (Å²) in [6.07, 6.45) is 6.81. The van der Waals surface area contributed by atoms with Crippen LogP contribution in [0.25, 0.3) is 17.1 Å². The summed E-state index contributed by atoms with van der Waals surface area (Å²) in [5.74, 6) is 0.377. The van der Waals surface area contributed by atoms with Gasteiger partial charge in [-0.15, -0.1) is 0 Å². The number of hydrogen-bond acceptors (Lipinski definition) is 2. The molecule has 0 aliphatic heterocycles. The molecular formula is C15H14ClN3. The maximum absolute atomic E-state index is 6.06. The van der Waals surface area contributed by atoms with Crippen LogP contribution in [0.4, 0.5) is 0 Å². The molecule has 19 heavy (non-hydrogen) atoms. The number of halogens is 1. The number of rotatable bonds is 4. The van der Waals surface area contributed by atoms with Crippen molar-refractivity contribution in [1.29, 1.82) is 0 Å². The van der Waals surface area contributed by atoms with Crippen molar-refractivity contribution in [3.8, 4) is 11.3 Å². The van der Waals surface area contributed by atoms with Crippen LogP contribution in [0.15, 0.2) is 72.4 Å². The molecule has 4 heteroatoms. The van der Waals surface area contributed by atoms with Gasteiger partial charge in [0, 0.05) is 11.8 Å². The smallest absolute Gasteiger partial charge is 0.143 e. The molecule has 96 valence electrons. The molecule has 1 aromatic heterocycles. The molecule has 0 radical (unpaired) electrons. The van der Waals surface area contributed by atoms with E-state index in [1.807, 2.05) is 36.4 Å². The Morgan fingerprint density at radius 3 is 2.68 bits per heavy atom. The maximum Gasteiger partial charge on any atom is 0.143 e. The summed E-state index contributed by atoms with van der Waals surface area (Å²) in [6.45, 7) is 3.58. The Labute approximate surface area is 117 Å². The van der Waals surface area contributed by atoms with Gasteiger partial charge in [-0.25, -0.2) is 4.68 Å². The highest BCUT2D eigenvalue weighted by Gasteiger charge is 2.05. The normalized spacial score (nSPS) is 12.5. The Bertz CT molecular complexity index is 624. The number of nitrogens with zero attached hydrogens (tertiary/aromatic N) is 2. The Morgan fingerprint density at radius 2 is 2.00 bits per heavy atom. The predicted octanol–water partition coefficient (Wildman–Crippen LogP) is 3.62. The highest BCUT2D eigenvalue weighted by atomic mass is 35.5. The zero-order valence-electron chi connectivity index (χ0n) is 10.3. The molecule has 0 saturated heterocycles. The number of hydrogen-bond donors (Lipinski definition) is 1. The standard InChI is InChI=1S/C15H14ClN3/c1-2-3-9-13(16)15(17)19-11-10-14(18-19)12-7-5-4-6-8-12/h2-11H,1,17H2/b9-3-,15-13-. The van der Waals surface area contributed by atoms with E-state index in [0.29, 0.717) is 10.9 Å². The van der Waals surface area contributed by atoms with Crippen LogP contribution in [-0.2, 0) is 0 Å². The fraction of sp³-hybridized carbons (Fsp3) is 0. The molecular weight excluding hydrogens is 258 g/mol. The Hall–Kier alpha value is -2.26. The van der Waals surface area contributed by atoms with Gasteiger partial charge in [0.2, 0.25) is 0 Å². The van der Waals surface area contributed by atoms with Crippen LogP contribution in [-0.4, -0.2) is 9.78 Å². The zero-order valence-corrected chi connectivity index (χ0v) is 11.1. The first kappa shape index (κ1) is 13.2. The number of allylic oxidation sites excluding steroid dienone is 4. The van der Waals surface area contributed by atoms with E-state index in [-0.39, 0.29) is 0 Å². The minimum Gasteiger partial charge on any atom is -0.382 e. The molecule has 2 rings (SSSR count). The van der Waals surface area contributed by atoms with Crippen LogP contribution >= 0.6 is 11.6 Å². The molecule has 0 aliphatic rings. The van der Waals surface area contributed by atoms with Crippen LogP contribution in [0.3, 0.4) is 0 Å². The summed E-state index contributed by atoms with van der Waals surface area (Å²) in [6, 6.07) is 11.8. The third kappa shape index (κ3) is 3.14. The minimum absolute atomic E-state index is 0.377. The fourth-order valence-electron chi connectivity index (χ4n) is 1.57. The SMILES string of the molecule is C=C/C=C\C(Cl)=C(/N)n1ccc(-c2ccccc2)n1. The molecule has 0 bridgehead atoms. The monoisotopic (exact) mass is 271 g/mol. The summed E-state index contributed by atoms with van der Waals surface area (Å²) in [5, 5.41) is 4.82. The predicted molar refractivity (Wildman–Crippen MR) is 80.3 cm³/mol. The van der Waals surface area contributed by atoms with Crippen LogP contribution < -0.4 is 5.73 Å². The van der Waals surface area contributed by atoms with Gasteiger partial charge in [0.15, 0.2) is 0 Å². The average Bonchev–Trinajstić information content (AvgIpc) is 2.94. The summed E-state index contributed by atoms with van der Waals surface area (Å²) in [5.41, 5.74) is 7.82. The van der Waals surface area contributed by atoms with Gasteiger partial charge in [0.25, 0.3) is 0 Å². The summed E-state index contributed by atoms with van der Waals surface area (Å²) in [7, 11) is 0. The number of aromatic nitrogens is 2. The van der Waals surface area contributed by atoms with Crippen molar-refractivity contribution < 1.29 is 0 Å². The van der Waals surface area contributed by atoms with Crippen molar-refractivity contribution in [2.24, 2.45) is 5.73 Å². The molecule has 0 unspecified atom stereocenters. The second-order valence-corrected chi connectivity index (χ2v) is 4.25. The second kappa shape index (κ2) is 6.07. The molecule has 0 fully saturated rings. The van der Waals surface area contributed by atoms with Gasteiger partial charge in [0.05, 0.1) is 10.7 Å². The van der Waals surface area contributed by atoms with E-state index in [9.17, 15) is 0 Å². The molecule has 2 N–H and O–H groups in total. The Morgan fingerprint density at radius 1 is 1.26 bits per heavy atom. The molecule has 0 aliphatic carbocycles. The first-order chi connectivity index (χ1) is 9.22. The van der Waals surface area contributed by atoms with Gasteiger partial charge in [-0.1, -0.05) is 60.7 Å². The topological polar surface area (TPSA) is 43.8 Å². The molecule has 2 aromatic rings. The Balaban J connectivity index is 2.31. The molecule has 0 spiro atoms. The lowest BCUT2D eigenvalue weighted by atomic mass is 10.2. The first-order valence-corrected chi connectivity index (χ1v) is 6.16. The van der Waals surface area contributed by atoms with E-state index in [4.69, 9.17) is 17.3 Å². The quantitative estimate of drug-likeness (QED) is 0.863. The lowest BCUT2D eigenvalue weighted by Crippen LogP contribution is -2.08. The molecule has 3 nitrogen and oxygen atoms in total. The van der Waals surface area contributed by atoms with Crippen molar-refractivity contribution >= 4 is 17.4 Å². The minimum atomic E-state index is 0.377. The third-order valence-electron chi connectivity index (χ3n) is 2.53. The van der Waals surface area contributed by atoms with Crippen LogP contribution in [0, 0.1) is 0 Å². The van der Waals surface area contributed by atoms with Crippen LogP contribution in [0.2, 0.25) is 0 Å². The summed E-state index contributed by atoms with van der Waals surface area (Å²) in [4.78, 5) is 0. The van der Waals surface area contributed by atoms with Crippen molar-refractivity contribution in [1.82, 2.24) is 9.78 Å². The van der Waals surface area contributed by atoms with Gasteiger partial charge >= 0.3 is 0 Å². The van der Waals surface area contributed by atoms with Crippen molar-refractivity contribution in [2.45, 2.75) is 0 Å². The zero-order chi connectivity index (χ0) is 13.7. The fourth-order valence-corrected chi connectivity index (χ4v) is 1.73. The lowest BCUT2D eigenvalue weighted by Gasteiger charge is -2.02. The highest BCUT2D eigenvalue weighted by Crippen LogP contribution is 2.18. The van der Waals surface area contributed by atoms with Gasteiger partial charge in [-0.2, -0.15) is 5.10 Å². The van der Waals surface area contributed by atoms with E-state index in [0.717, 1.165) is 11.3 Å². The maximum atomic E-state index is 6.06. The van der Waals surface area contributed by atoms with E-state index in [1.54, 1.807) is 29.1 Å². The second-order valence-electron chi connectivity index (χ2n) is 3.84. The third-order valence-corrected chi connectivity index (χ3v) is 2.85. The van der Waals surface area contributed by atoms with Crippen LogP contribution in [0.1, 0.15) is 0 Å². The summed E-state index contributed by atoms with van der Waals surface area (Å²) < 4.78 is 1.55. The van der Waals surface area contributed by atoms with E-state index < -0.39 is 0 Å². The van der Waals surface area contributed by atoms with Crippen molar-refractivity contribution in [3.63, 3.8) is 0 Å². The van der Waals surface area contributed by atoms with Gasteiger partial charge in [-0.05, 0) is 12.1 Å².